The highest BCUT2D eigenvalue weighted by molar-refractivity contribution is 5.95. The lowest BCUT2D eigenvalue weighted by molar-refractivity contribution is 0.0955. The molecular formula is C22H20N2O2. The van der Waals surface area contributed by atoms with E-state index < -0.39 is 0 Å². The van der Waals surface area contributed by atoms with E-state index >= 15 is 0 Å². The fourth-order valence-corrected chi connectivity index (χ4v) is 2.47. The number of carbonyl (C=O) groups is 1. The Kier molecular flexibility index (Phi) is 5.78. The number of ether oxygens (including phenoxy) is 1. The van der Waals surface area contributed by atoms with E-state index in [1.165, 1.54) is 0 Å². The van der Waals surface area contributed by atoms with Crippen LogP contribution in [0, 0.1) is 6.92 Å². The minimum Gasteiger partial charge on any atom is -0.488 e. The molecule has 0 radical (unpaired) electrons. The van der Waals surface area contributed by atoms with Gasteiger partial charge in [-0.25, -0.2) is 5.43 Å². The first-order valence-corrected chi connectivity index (χ1v) is 8.38. The largest absolute Gasteiger partial charge is 0.488 e. The van der Waals surface area contributed by atoms with E-state index in [-0.39, 0.29) is 5.91 Å². The van der Waals surface area contributed by atoms with Crippen LogP contribution >= 0.6 is 0 Å². The van der Waals surface area contributed by atoms with Crippen molar-refractivity contribution >= 4 is 12.1 Å². The van der Waals surface area contributed by atoms with Crippen LogP contribution in [0.2, 0.25) is 0 Å². The standard InChI is InChI=1S/C22H20N2O2/c1-17-8-7-12-19(14-17)22(25)24-23-15-20-11-5-6-13-21(20)26-16-18-9-3-2-4-10-18/h2-15H,16H2,1H3,(H,24,25)/b23-15+. The number of benzene rings is 3. The monoisotopic (exact) mass is 344 g/mol. The molecule has 3 aromatic rings. The number of amides is 1. The number of nitrogens with one attached hydrogen (secondary N) is 1. The molecule has 0 aliphatic rings. The Morgan fingerprint density at radius 3 is 2.58 bits per heavy atom. The number of para-hydroxylation sites is 1. The van der Waals surface area contributed by atoms with E-state index in [2.05, 4.69) is 10.5 Å². The highest BCUT2D eigenvalue weighted by Crippen LogP contribution is 2.17. The first kappa shape index (κ1) is 17.4. The van der Waals surface area contributed by atoms with Gasteiger partial charge in [0.1, 0.15) is 12.4 Å². The number of hydrazone groups is 1. The van der Waals surface area contributed by atoms with Crippen molar-refractivity contribution < 1.29 is 9.53 Å². The van der Waals surface area contributed by atoms with Crippen molar-refractivity contribution in [2.24, 2.45) is 5.10 Å². The summed E-state index contributed by atoms with van der Waals surface area (Å²) in [4.78, 5) is 12.1. The summed E-state index contributed by atoms with van der Waals surface area (Å²) >= 11 is 0. The van der Waals surface area contributed by atoms with E-state index in [4.69, 9.17) is 4.74 Å². The van der Waals surface area contributed by atoms with Crippen LogP contribution in [-0.4, -0.2) is 12.1 Å². The lowest BCUT2D eigenvalue weighted by Gasteiger charge is -2.09. The minimum atomic E-state index is -0.243. The van der Waals surface area contributed by atoms with Crippen molar-refractivity contribution in [2.45, 2.75) is 13.5 Å². The molecule has 0 spiro atoms. The molecule has 0 aliphatic carbocycles. The summed E-state index contributed by atoms with van der Waals surface area (Å²) in [5.74, 6) is 0.470. The molecule has 0 heterocycles. The maximum absolute atomic E-state index is 12.1. The molecule has 4 heteroatoms. The lowest BCUT2D eigenvalue weighted by Crippen LogP contribution is -2.17. The van der Waals surface area contributed by atoms with Crippen LogP contribution < -0.4 is 10.2 Å². The third-order valence-electron chi connectivity index (χ3n) is 3.81. The summed E-state index contributed by atoms with van der Waals surface area (Å²) in [7, 11) is 0. The molecule has 4 nitrogen and oxygen atoms in total. The molecule has 3 rings (SSSR count). The average Bonchev–Trinajstić information content (AvgIpc) is 2.68. The predicted octanol–water partition coefficient (Wildman–Crippen LogP) is 4.34. The zero-order valence-corrected chi connectivity index (χ0v) is 14.6. The summed E-state index contributed by atoms with van der Waals surface area (Å²) in [6.07, 6.45) is 1.59. The number of aryl methyl sites for hydroxylation is 1. The first-order valence-electron chi connectivity index (χ1n) is 8.38. The van der Waals surface area contributed by atoms with Crippen molar-refractivity contribution in [1.29, 1.82) is 0 Å². The topological polar surface area (TPSA) is 50.7 Å². The third-order valence-corrected chi connectivity index (χ3v) is 3.81. The molecule has 0 atom stereocenters. The van der Waals surface area contributed by atoms with Gasteiger partial charge in [0.15, 0.2) is 0 Å². The summed E-state index contributed by atoms with van der Waals surface area (Å²) in [6.45, 7) is 2.42. The zero-order chi connectivity index (χ0) is 18.2. The number of carbonyl (C=O) groups excluding carboxylic acids is 1. The average molecular weight is 344 g/mol. The van der Waals surface area contributed by atoms with Crippen molar-refractivity contribution in [3.63, 3.8) is 0 Å². The Morgan fingerprint density at radius 1 is 1.00 bits per heavy atom. The van der Waals surface area contributed by atoms with Gasteiger partial charge in [0.25, 0.3) is 5.91 Å². The minimum absolute atomic E-state index is 0.243. The molecule has 26 heavy (non-hydrogen) atoms. The molecule has 1 amide bonds. The van der Waals surface area contributed by atoms with Gasteiger partial charge < -0.3 is 4.74 Å². The normalized spacial score (nSPS) is 10.7. The molecule has 0 saturated carbocycles. The number of hydrogen-bond acceptors (Lipinski definition) is 3. The van der Waals surface area contributed by atoms with Crippen LogP contribution in [0.1, 0.15) is 27.0 Å². The van der Waals surface area contributed by atoms with Gasteiger partial charge in [0.05, 0.1) is 6.21 Å². The highest BCUT2D eigenvalue weighted by Gasteiger charge is 2.04. The Balaban J connectivity index is 1.64. The molecule has 0 aromatic heterocycles. The van der Waals surface area contributed by atoms with E-state index in [9.17, 15) is 4.79 Å². The van der Waals surface area contributed by atoms with Crippen LogP contribution in [0.15, 0.2) is 84.0 Å². The summed E-state index contributed by atoms with van der Waals surface area (Å²) < 4.78 is 5.88. The Hall–Kier alpha value is -3.40. The SMILES string of the molecule is Cc1cccc(C(=O)N/N=C/c2ccccc2OCc2ccccc2)c1. The lowest BCUT2D eigenvalue weighted by atomic mass is 10.1. The predicted molar refractivity (Wildman–Crippen MR) is 103 cm³/mol. The maximum Gasteiger partial charge on any atom is 0.271 e. The molecule has 0 saturated heterocycles. The van der Waals surface area contributed by atoms with Crippen LogP contribution in [0.3, 0.4) is 0 Å². The second-order valence-electron chi connectivity index (χ2n) is 5.88. The first-order chi connectivity index (χ1) is 12.7. The zero-order valence-electron chi connectivity index (χ0n) is 14.6. The van der Waals surface area contributed by atoms with E-state index in [1.54, 1.807) is 12.3 Å². The van der Waals surface area contributed by atoms with E-state index in [0.29, 0.717) is 17.9 Å². The third kappa shape index (κ3) is 4.80. The Labute approximate surface area is 153 Å². The van der Waals surface area contributed by atoms with Gasteiger partial charge in [0.2, 0.25) is 0 Å². The molecule has 0 aliphatic heterocycles. The molecule has 3 aromatic carbocycles. The second-order valence-corrected chi connectivity index (χ2v) is 5.88. The highest BCUT2D eigenvalue weighted by atomic mass is 16.5. The van der Waals surface area contributed by atoms with Crippen LogP contribution in [0.5, 0.6) is 5.75 Å². The molecule has 1 N–H and O–H groups in total. The Morgan fingerprint density at radius 2 is 1.77 bits per heavy atom. The quantitative estimate of drug-likeness (QED) is 0.534. The summed E-state index contributed by atoms with van der Waals surface area (Å²) in [6, 6.07) is 24.9. The van der Waals surface area contributed by atoms with Crippen molar-refractivity contribution in [3.05, 3.63) is 101 Å². The van der Waals surface area contributed by atoms with Gasteiger partial charge in [-0.05, 0) is 36.8 Å². The smallest absolute Gasteiger partial charge is 0.271 e. The summed E-state index contributed by atoms with van der Waals surface area (Å²) in [5.41, 5.74) is 6.05. The van der Waals surface area contributed by atoms with E-state index in [1.807, 2.05) is 79.7 Å². The molecule has 0 bridgehead atoms. The fraction of sp³-hybridized carbons (Fsp3) is 0.0909. The summed E-state index contributed by atoms with van der Waals surface area (Å²) in [5, 5.41) is 4.06. The molecular weight excluding hydrogens is 324 g/mol. The van der Waals surface area contributed by atoms with Gasteiger partial charge in [0, 0.05) is 11.1 Å². The van der Waals surface area contributed by atoms with Crippen LogP contribution in [-0.2, 0) is 6.61 Å². The van der Waals surface area contributed by atoms with E-state index in [0.717, 1.165) is 16.7 Å². The van der Waals surface area contributed by atoms with Gasteiger partial charge in [-0.15, -0.1) is 0 Å². The fourth-order valence-electron chi connectivity index (χ4n) is 2.47. The van der Waals surface area contributed by atoms with Crippen LogP contribution in [0.4, 0.5) is 0 Å². The van der Waals surface area contributed by atoms with Gasteiger partial charge in [-0.3, -0.25) is 4.79 Å². The van der Waals surface area contributed by atoms with Crippen molar-refractivity contribution in [1.82, 2.24) is 5.43 Å². The van der Waals surface area contributed by atoms with Crippen molar-refractivity contribution in [3.8, 4) is 5.75 Å². The molecule has 0 fully saturated rings. The van der Waals surface area contributed by atoms with Gasteiger partial charge >= 0.3 is 0 Å². The van der Waals surface area contributed by atoms with Crippen molar-refractivity contribution in [2.75, 3.05) is 0 Å². The number of nitrogens with zero attached hydrogens (tertiary/aromatic N) is 1. The second kappa shape index (κ2) is 8.62. The maximum atomic E-state index is 12.1. The Bertz CT molecular complexity index is 905. The molecule has 130 valence electrons. The van der Waals surface area contributed by atoms with Gasteiger partial charge in [-0.1, -0.05) is 60.2 Å². The number of hydrogen-bond donors (Lipinski definition) is 1. The number of rotatable bonds is 6. The molecule has 0 unspecified atom stereocenters. The van der Waals surface area contributed by atoms with Gasteiger partial charge in [-0.2, -0.15) is 5.10 Å². The van der Waals surface area contributed by atoms with Crippen LogP contribution in [0.25, 0.3) is 0 Å².